The van der Waals surface area contributed by atoms with E-state index >= 15 is 0 Å². The minimum Gasteiger partial charge on any atom is -0.307 e. The summed E-state index contributed by atoms with van der Waals surface area (Å²) in [4.78, 5) is 8.84. The highest BCUT2D eigenvalue weighted by atomic mass is 15.3. The molecule has 0 aliphatic rings. The fraction of sp³-hybridized carbons (Fsp3) is 0.182. The number of aromatic nitrogens is 2. The molecule has 0 saturated heterocycles. The summed E-state index contributed by atoms with van der Waals surface area (Å²) in [6, 6.07) is 14.3. The number of benzene rings is 1. The molecule has 3 rings (SSSR count). The molecule has 0 unspecified atom stereocenters. The molecule has 0 bridgehead atoms. The van der Waals surface area contributed by atoms with Gasteiger partial charge in [0.15, 0.2) is 0 Å². The van der Waals surface area contributed by atoms with Gasteiger partial charge in [-0.2, -0.15) is 5.10 Å². The molecule has 5 nitrogen and oxygen atoms in total. The third-order valence-electron chi connectivity index (χ3n) is 4.35. The number of nitrogens with one attached hydrogen (secondary N) is 2. The van der Waals surface area contributed by atoms with Crippen molar-refractivity contribution in [2.45, 2.75) is 27.2 Å². The number of anilines is 1. The molecule has 0 atom stereocenters. The van der Waals surface area contributed by atoms with E-state index in [-0.39, 0.29) is 0 Å². The van der Waals surface area contributed by atoms with Crippen LogP contribution in [0.15, 0.2) is 60.0 Å². The Morgan fingerprint density at radius 1 is 1.04 bits per heavy atom. The van der Waals surface area contributed by atoms with Crippen molar-refractivity contribution < 1.29 is 0 Å². The summed E-state index contributed by atoms with van der Waals surface area (Å²) in [7, 11) is 0. The fourth-order valence-electron chi connectivity index (χ4n) is 2.88. The van der Waals surface area contributed by atoms with Crippen LogP contribution in [0, 0.1) is 26.2 Å². The smallest absolute Gasteiger partial charge is 0.0841 e. The first-order valence-corrected chi connectivity index (χ1v) is 8.84. The minimum atomic E-state index is 0.491. The zero-order chi connectivity index (χ0) is 19.2. The van der Waals surface area contributed by atoms with Crippen LogP contribution in [0.25, 0.3) is 11.1 Å². The summed E-state index contributed by atoms with van der Waals surface area (Å²) in [6.07, 6.45) is 5.40. The lowest BCUT2D eigenvalue weighted by atomic mass is 10.0. The lowest BCUT2D eigenvalue weighted by molar-refractivity contribution is 1.12. The predicted octanol–water partition coefficient (Wildman–Crippen LogP) is 4.73. The number of aryl methyl sites for hydroxylation is 3. The molecule has 5 heteroatoms. The van der Waals surface area contributed by atoms with Crippen LogP contribution in [0.3, 0.4) is 0 Å². The Hall–Kier alpha value is -3.34. The monoisotopic (exact) mass is 357 g/mol. The number of rotatable bonds is 6. The highest BCUT2D eigenvalue weighted by Crippen LogP contribution is 2.22. The van der Waals surface area contributed by atoms with Crippen molar-refractivity contribution in [3.8, 4) is 11.1 Å². The van der Waals surface area contributed by atoms with Gasteiger partial charge in [0.2, 0.25) is 0 Å². The molecule has 2 heterocycles. The van der Waals surface area contributed by atoms with E-state index in [1.807, 2.05) is 44.3 Å². The van der Waals surface area contributed by atoms with Gasteiger partial charge >= 0.3 is 0 Å². The van der Waals surface area contributed by atoms with E-state index in [0.29, 0.717) is 12.1 Å². The van der Waals surface area contributed by atoms with Crippen LogP contribution in [-0.4, -0.2) is 21.9 Å². The Kier molecular flexibility index (Phi) is 5.71. The quantitative estimate of drug-likeness (QED) is 0.495. The molecule has 2 aromatic heterocycles. The number of nitrogens with zero attached hydrogens (tertiary/aromatic N) is 3. The number of pyridine rings is 2. The Balaban J connectivity index is 1.76. The number of hydrazone groups is 1. The summed E-state index contributed by atoms with van der Waals surface area (Å²) in [5.41, 5.74) is 10.8. The first-order chi connectivity index (χ1) is 13.1. The van der Waals surface area contributed by atoms with E-state index < -0.39 is 0 Å². The Morgan fingerprint density at radius 3 is 2.48 bits per heavy atom. The van der Waals surface area contributed by atoms with Crippen molar-refractivity contribution in [1.29, 1.82) is 5.41 Å². The Morgan fingerprint density at radius 2 is 1.81 bits per heavy atom. The van der Waals surface area contributed by atoms with Gasteiger partial charge in [-0.25, -0.2) is 0 Å². The lowest BCUT2D eigenvalue weighted by Gasteiger charge is -2.09. The molecule has 1 aromatic carbocycles. The standard InChI is InChI=1S/C22H23N5/c1-15-10-19(25-13-21(15)18-7-5-4-6-8-18)11-20(12-23)26-27-22-14-24-17(3)9-16(22)2/h4-10,12-14,23,27H,11H2,1-3H3/b23-12?,26-20-. The van der Waals surface area contributed by atoms with Gasteiger partial charge in [0, 0.05) is 35.8 Å². The maximum Gasteiger partial charge on any atom is 0.0841 e. The highest BCUT2D eigenvalue weighted by Gasteiger charge is 2.07. The van der Waals surface area contributed by atoms with Gasteiger partial charge in [-0.15, -0.1) is 0 Å². The molecular formula is C22H23N5. The molecule has 0 aliphatic heterocycles. The van der Waals surface area contributed by atoms with Crippen molar-refractivity contribution in [2.75, 3.05) is 5.43 Å². The summed E-state index contributed by atoms with van der Waals surface area (Å²) >= 11 is 0. The molecular weight excluding hydrogens is 334 g/mol. The zero-order valence-corrected chi connectivity index (χ0v) is 15.8. The van der Waals surface area contributed by atoms with Crippen LogP contribution in [0.2, 0.25) is 0 Å². The van der Waals surface area contributed by atoms with E-state index in [1.54, 1.807) is 6.20 Å². The van der Waals surface area contributed by atoms with E-state index in [4.69, 9.17) is 5.41 Å². The zero-order valence-electron chi connectivity index (χ0n) is 15.8. The van der Waals surface area contributed by atoms with Gasteiger partial charge in [0.25, 0.3) is 0 Å². The largest absolute Gasteiger partial charge is 0.307 e. The van der Waals surface area contributed by atoms with Gasteiger partial charge in [0.05, 0.1) is 17.6 Å². The first-order valence-electron chi connectivity index (χ1n) is 8.84. The van der Waals surface area contributed by atoms with Crippen molar-refractivity contribution in [3.63, 3.8) is 0 Å². The molecule has 27 heavy (non-hydrogen) atoms. The van der Waals surface area contributed by atoms with E-state index in [0.717, 1.165) is 39.3 Å². The van der Waals surface area contributed by atoms with E-state index in [1.165, 1.54) is 6.21 Å². The average molecular weight is 357 g/mol. The van der Waals surface area contributed by atoms with Crippen LogP contribution in [-0.2, 0) is 6.42 Å². The molecule has 0 saturated carbocycles. The number of hydrogen-bond acceptors (Lipinski definition) is 5. The molecule has 0 spiro atoms. The topological polar surface area (TPSA) is 74.0 Å². The minimum absolute atomic E-state index is 0.491. The van der Waals surface area contributed by atoms with Gasteiger partial charge in [-0.1, -0.05) is 30.3 Å². The van der Waals surface area contributed by atoms with Crippen molar-refractivity contribution in [1.82, 2.24) is 9.97 Å². The third kappa shape index (κ3) is 4.64. The van der Waals surface area contributed by atoms with Gasteiger partial charge < -0.3 is 5.41 Å². The number of hydrogen-bond donors (Lipinski definition) is 2. The van der Waals surface area contributed by atoms with Crippen LogP contribution in [0.5, 0.6) is 0 Å². The maximum absolute atomic E-state index is 7.65. The summed E-state index contributed by atoms with van der Waals surface area (Å²) in [5, 5.41) is 12.0. The fourth-order valence-corrected chi connectivity index (χ4v) is 2.88. The van der Waals surface area contributed by atoms with Crippen LogP contribution < -0.4 is 5.43 Å². The maximum atomic E-state index is 7.65. The molecule has 2 N–H and O–H groups in total. The third-order valence-corrected chi connectivity index (χ3v) is 4.35. The average Bonchev–Trinajstić information content (AvgIpc) is 2.67. The van der Waals surface area contributed by atoms with Gasteiger partial charge in [0.1, 0.15) is 0 Å². The lowest BCUT2D eigenvalue weighted by Crippen LogP contribution is -2.09. The SMILES string of the molecule is Cc1cc(C)c(N/N=C(\C=N)Cc2cc(C)c(-c3ccccc3)cn2)cn1. The molecule has 0 fully saturated rings. The normalized spacial score (nSPS) is 11.3. The highest BCUT2D eigenvalue weighted by molar-refractivity contribution is 6.30. The van der Waals surface area contributed by atoms with Gasteiger partial charge in [-0.3, -0.25) is 15.4 Å². The first kappa shape index (κ1) is 18.5. The van der Waals surface area contributed by atoms with E-state index in [9.17, 15) is 0 Å². The van der Waals surface area contributed by atoms with Crippen molar-refractivity contribution in [2.24, 2.45) is 5.10 Å². The second-order valence-corrected chi connectivity index (χ2v) is 6.53. The van der Waals surface area contributed by atoms with Crippen LogP contribution in [0.4, 0.5) is 5.69 Å². The second-order valence-electron chi connectivity index (χ2n) is 6.53. The summed E-state index contributed by atoms with van der Waals surface area (Å²) in [6.45, 7) is 6.04. The van der Waals surface area contributed by atoms with E-state index in [2.05, 4.69) is 45.6 Å². The Labute approximate surface area is 159 Å². The molecule has 0 radical (unpaired) electrons. The molecule has 0 amide bonds. The molecule has 3 aromatic rings. The summed E-state index contributed by atoms with van der Waals surface area (Å²) in [5.74, 6) is 0. The Bertz CT molecular complexity index is 977. The summed E-state index contributed by atoms with van der Waals surface area (Å²) < 4.78 is 0. The molecule has 0 aliphatic carbocycles. The van der Waals surface area contributed by atoms with Gasteiger partial charge in [-0.05, 0) is 49.6 Å². The van der Waals surface area contributed by atoms with Crippen LogP contribution >= 0.6 is 0 Å². The second kappa shape index (κ2) is 8.36. The van der Waals surface area contributed by atoms with Crippen molar-refractivity contribution >= 4 is 17.6 Å². The van der Waals surface area contributed by atoms with Crippen molar-refractivity contribution in [3.05, 3.63) is 77.4 Å². The molecule has 136 valence electrons. The predicted molar refractivity (Wildman–Crippen MR) is 112 cm³/mol. The van der Waals surface area contributed by atoms with Crippen LogP contribution in [0.1, 0.15) is 22.5 Å².